The fourth-order valence-corrected chi connectivity index (χ4v) is 2.51. The van der Waals surface area contributed by atoms with Crippen LogP contribution in [0.1, 0.15) is 0 Å². The van der Waals surface area contributed by atoms with Gasteiger partial charge in [0.25, 0.3) is 0 Å². The van der Waals surface area contributed by atoms with Crippen molar-refractivity contribution in [2.45, 2.75) is 9.79 Å². The predicted octanol–water partition coefficient (Wildman–Crippen LogP) is 4.22. The van der Waals surface area contributed by atoms with Crippen LogP contribution in [0.15, 0.2) is 46.2 Å². The summed E-state index contributed by atoms with van der Waals surface area (Å²) in [6, 6.07) is 10.3. The number of hydrogen-bond donors (Lipinski definition) is 1. The molecule has 2 N–H and O–H groups in total. The van der Waals surface area contributed by atoms with Crippen molar-refractivity contribution in [2.75, 3.05) is 12.8 Å². The molecule has 0 fully saturated rings. The zero-order valence-corrected chi connectivity index (χ0v) is 11.2. The van der Waals surface area contributed by atoms with Crippen molar-refractivity contribution in [3.63, 3.8) is 0 Å². The third-order valence-electron chi connectivity index (χ3n) is 2.34. The molecule has 0 saturated heterocycles. The normalized spacial score (nSPS) is 10.4. The van der Waals surface area contributed by atoms with Crippen LogP contribution in [0.2, 0.25) is 5.02 Å². The molecule has 5 heteroatoms. The third kappa shape index (κ3) is 2.89. The summed E-state index contributed by atoms with van der Waals surface area (Å²) in [6.45, 7) is 0. The van der Waals surface area contributed by atoms with Gasteiger partial charge in [0.1, 0.15) is 11.6 Å². The molecule has 0 aromatic heterocycles. The molecule has 2 rings (SSSR count). The van der Waals surface area contributed by atoms with Crippen LogP contribution in [-0.4, -0.2) is 7.11 Å². The lowest BCUT2D eigenvalue weighted by atomic mass is 10.3. The van der Waals surface area contributed by atoms with Gasteiger partial charge in [-0.25, -0.2) is 4.39 Å². The summed E-state index contributed by atoms with van der Waals surface area (Å²) in [6.07, 6.45) is 0. The van der Waals surface area contributed by atoms with E-state index in [9.17, 15) is 4.39 Å². The van der Waals surface area contributed by atoms with Crippen LogP contribution in [0, 0.1) is 5.82 Å². The standard InChI is InChI=1S/C13H11ClFNOS/c1-17-8-2-4-9(5-3-8)18-13-6-10(14)11(15)7-12(13)16/h2-7H,16H2,1H3. The second-order valence-electron chi connectivity index (χ2n) is 3.58. The molecule has 0 atom stereocenters. The summed E-state index contributed by atoms with van der Waals surface area (Å²) in [5.41, 5.74) is 6.12. The minimum absolute atomic E-state index is 0.0696. The van der Waals surface area contributed by atoms with Gasteiger partial charge in [0.15, 0.2) is 0 Å². The molecule has 0 heterocycles. The number of nitrogen functional groups attached to an aromatic ring is 1. The molecule has 0 spiro atoms. The first kappa shape index (κ1) is 13.1. The van der Waals surface area contributed by atoms with E-state index in [-0.39, 0.29) is 5.02 Å². The van der Waals surface area contributed by atoms with Crippen LogP contribution in [0.5, 0.6) is 5.75 Å². The lowest BCUT2D eigenvalue weighted by molar-refractivity contribution is 0.414. The first-order valence-electron chi connectivity index (χ1n) is 5.16. The highest BCUT2D eigenvalue weighted by Crippen LogP contribution is 2.35. The van der Waals surface area contributed by atoms with E-state index in [2.05, 4.69) is 0 Å². The molecule has 0 bridgehead atoms. The van der Waals surface area contributed by atoms with Crippen LogP contribution in [-0.2, 0) is 0 Å². The van der Waals surface area contributed by atoms with E-state index in [1.165, 1.54) is 23.9 Å². The molecule has 94 valence electrons. The lowest BCUT2D eigenvalue weighted by Crippen LogP contribution is -1.91. The molecular weight excluding hydrogens is 273 g/mol. The summed E-state index contributed by atoms with van der Waals surface area (Å²) in [4.78, 5) is 1.71. The number of anilines is 1. The molecule has 0 saturated carbocycles. The zero-order chi connectivity index (χ0) is 13.1. The van der Waals surface area contributed by atoms with E-state index in [1.54, 1.807) is 7.11 Å². The molecule has 0 amide bonds. The number of hydrogen-bond acceptors (Lipinski definition) is 3. The maximum absolute atomic E-state index is 13.2. The van der Waals surface area contributed by atoms with E-state index in [0.717, 1.165) is 15.5 Å². The minimum Gasteiger partial charge on any atom is -0.497 e. The predicted molar refractivity (Wildman–Crippen MR) is 72.9 cm³/mol. The number of benzene rings is 2. The average molecular weight is 284 g/mol. The Kier molecular flexibility index (Phi) is 3.99. The largest absolute Gasteiger partial charge is 0.497 e. The number of nitrogens with two attached hydrogens (primary N) is 1. The number of methoxy groups -OCH3 is 1. The van der Waals surface area contributed by atoms with Gasteiger partial charge in [-0.05, 0) is 36.4 Å². The van der Waals surface area contributed by atoms with E-state index in [0.29, 0.717) is 5.69 Å². The maximum atomic E-state index is 13.2. The van der Waals surface area contributed by atoms with Crippen molar-refractivity contribution in [3.05, 3.63) is 47.2 Å². The summed E-state index contributed by atoms with van der Waals surface area (Å²) >= 11 is 7.16. The highest BCUT2D eigenvalue weighted by molar-refractivity contribution is 7.99. The smallest absolute Gasteiger partial charge is 0.143 e. The Morgan fingerprint density at radius 2 is 1.89 bits per heavy atom. The average Bonchev–Trinajstić information content (AvgIpc) is 2.37. The first-order chi connectivity index (χ1) is 8.60. The maximum Gasteiger partial charge on any atom is 0.143 e. The number of halogens is 2. The van der Waals surface area contributed by atoms with Crippen LogP contribution in [0.3, 0.4) is 0 Å². The molecular formula is C13H11ClFNOS. The van der Waals surface area contributed by atoms with Gasteiger partial charge in [-0.1, -0.05) is 23.4 Å². The van der Waals surface area contributed by atoms with Gasteiger partial charge in [-0.2, -0.15) is 0 Å². The van der Waals surface area contributed by atoms with Gasteiger partial charge in [0.2, 0.25) is 0 Å². The Balaban J connectivity index is 2.25. The Morgan fingerprint density at radius 3 is 2.50 bits per heavy atom. The first-order valence-corrected chi connectivity index (χ1v) is 6.36. The Hall–Kier alpha value is -1.39. The Morgan fingerprint density at radius 1 is 1.22 bits per heavy atom. The minimum atomic E-state index is -0.506. The van der Waals surface area contributed by atoms with Crippen molar-refractivity contribution in [3.8, 4) is 5.75 Å². The number of rotatable bonds is 3. The van der Waals surface area contributed by atoms with Crippen LogP contribution < -0.4 is 10.5 Å². The second kappa shape index (κ2) is 5.50. The molecule has 0 aliphatic rings. The fraction of sp³-hybridized carbons (Fsp3) is 0.0769. The van der Waals surface area contributed by atoms with E-state index in [1.807, 2.05) is 24.3 Å². The zero-order valence-electron chi connectivity index (χ0n) is 9.61. The topological polar surface area (TPSA) is 35.2 Å². The molecule has 18 heavy (non-hydrogen) atoms. The van der Waals surface area contributed by atoms with E-state index in [4.69, 9.17) is 22.1 Å². The third-order valence-corrected chi connectivity index (χ3v) is 3.71. The number of ether oxygens (including phenoxy) is 1. The quantitative estimate of drug-likeness (QED) is 0.857. The van der Waals surface area contributed by atoms with Crippen LogP contribution in [0.4, 0.5) is 10.1 Å². The van der Waals surface area contributed by atoms with Crippen molar-refractivity contribution < 1.29 is 9.13 Å². The van der Waals surface area contributed by atoms with Gasteiger partial charge >= 0.3 is 0 Å². The molecule has 2 aromatic carbocycles. The molecule has 2 aromatic rings. The van der Waals surface area contributed by atoms with Crippen LogP contribution in [0.25, 0.3) is 0 Å². The van der Waals surface area contributed by atoms with E-state index >= 15 is 0 Å². The van der Waals surface area contributed by atoms with Gasteiger partial charge in [0, 0.05) is 15.5 Å². The van der Waals surface area contributed by atoms with Crippen molar-refractivity contribution in [2.24, 2.45) is 0 Å². The van der Waals surface area contributed by atoms with Gasteiger partial charge < -0.3 is 10.5 Å². The molecule has 2 nitrogen and oxygen atoms in total. The summed E-state index contributed by atoms with van der Waals surface area (Å²) in [5, 5.41) is 0.0696. The summed E-state index contributed by atoms with van der Waals surface area (Å²) in [5.74, 6) is 0.276. The summed E-state index contributed by atoms with van der Waals surface area (Å²) < 4.78 is 18.2. The van der Waals surface area contributed by atoms with Crippen LogP contribution >= 0.6 is 23.4 Å². The fourth-order valence-electron chi connectivity index (χ4n) is 1.40. The monoisotopic (exact) mass is 283 g/mol. The molecule has 0 radical (unpaired) electrons. The molecule has 0 aliphatic carbocycles. The van der Waals surface area contributed by atoms with Crippen molar-refractivity contribution in [1.82, 2.24) is 0 Å². The SMILES string of the molecule is COc1ccc(Sc2cc(Cl)c(F)cc2N)cc1. The lowest BCUT2D eigenvalue weighted by Gasteiger charge is -2.07. The highest BCUT2D eigenvalue weighted by Gasteiger charge is 2.07. The van der Waals surface area contributed by atoms with Crippen molar-refractivity contribution in [1.29, 1.82) is 0 Å². The van der Waals surface area contributed by atoms with Gasteiger partial charge in [-0.15, -0.1) is 0 Å². The van der Waals surface area contributed by atoms with E-state index < -0.39 is 5.82 Å². The molecule has 0 aliphatic heterocycles. The second-order valence-corrected chi connectivity index (χ2v) is 5.10. The highest BCUT2D eigenvalue weighted by atomic mass is 35.5. The summed E-state index contributed by atoms with van der Waals surface area (Å²) in [7, 11) is 1.61. The van der Waals surface area contributed by atoms with Crippen molar-refractivity contribution >= 4 is 29.1 Å². The van der Waals surface area contributed by atoms with Gasteiger partial charge in [-0.3, -0.25) is 0 Å². The van der Waals surface area contributed by atoms with Gasteiger partial charge in [0.05, 0.1) is 12.1 Å². The molecule has 0 unspecified atom stereocenters. The Labute approximate surface area is 114 Å². The Bertz CT molecular complexity index is 560.